The van der Waals surface area contributed by atoms with E-state index in [4.69, 9.17) is 24.2 Å². The lowest BCUT2D eigenvalue weighted by Gasteiger charge is -2.11. The minimum absolute atomic E-state index is 0.279. The molecule has 0 heterocycles. The summed E-state index contributed by atoms with van der Waals surface area (Å²) in [5, 5.41) is 12.9. The maximum Gasteiger partial charge on any atom is 0.277 e. The van der Waals surface area contributed by atoms with E-state index in [0.29, 0.717) is 34.1 Å². The first-order valence-corrected chi connectivity index (χ1v) is 7.86. The number of amides is 1. The van der Waals surface area contributed by atoms with Gasteiger partial charge in [-0.05, 0) is 18.2 Å². The molecule has 0 spiro atoms. The van der Waals surface area contributed by atoms with Gasteiger partial charge in [-0.25, -0.2) is 5.43 Å². The molecule has 2 aromatic rings. The van der Waals surface area contributed by atoms with E-state index in [1.807, 2.05) is 6.07 Å². The third-order valence-corrected chi connectivity index (χ3v) is 3.50. The van der Waals surface area contributed by atoms with E-state index >= 15 is 0 Å². The highest BCUT2D eigenvalue weighted by Gasteiger charge is 2.11. The second-order valence-electron chi connectivity index (χ2n) is 5.14. The molecule has 0 radical (unpaired) electrons. The first kappa shape index (κ1) is 19.6. The predicted molar refractivity (Wildman–Crippen MR) is 98.5 cm³/mol. The average molecular weight is 369 g/mol. The Morgan fingerprint density at radius 1 is 1.07 bits per heavy atom. The summed E-state index contributed by atoms with van der Waals surface area (Å²) in [6, 6.07) is 12.0. The first-order chi connectivity index (χ1) is 13.1. The van der Waals surface area contributed by atoms with Gasteiger partial charge < -0.3 is 18.9 Å². The van der Waals surface area contributed by atoms with Crippen LogP contribution in [0.1, 0.15) is 11.1 Å². The Labute approximate surface area is 156 Å². The van der Waals surface area contributed by atoms with Gasteiger partial charge in [0.1, 0.15) is 17.6 Å². The maximum absolute atomic E-state index is 11.9. The van der Waals surface area contributed by atoms with Crippen LogP contribution in [0.5, 0.6) is 23.0 Å². The average Bonchev–Trinajstić information content (AvgIpc) is 2.71. The van der Waals surface area contributed by atoms with Crippen LogP contribution in [0.15, 0.2) is 41.5 Å². The number of nitriles is 1. The van der Waals surface area contributed by atoms with Crippen molar-refractivity contribution in [3.05, 3.63) is 47.5 Å². The number of hydrogen-bond acceptors (Lipinski definition) is 7. The number of carbonyl (C=O) groups excluding carboxylic acids is 1. The van der Waals surface area contributed by atoms with Crippen LogP contribution in [-0.4, -0.2) is 40.1 Å². The van der Waals surface area contributed by atoms with Gasteiger partial charge in [0, 0.05) is 11.6 Å². The lowest BCUT2D eigenvalue weighted by atomic mass is 10.2. The third-order valence-electron chi connectivity index (χ3n) is 3.50. The smallest absolute Gasteiger partial charge is 0.277 e. The molecule has 0 aliphatic rings. The van der Waals surface area contributed by atoms with E-state index in [-0.39, 0.29) is 6.61 Å². The van der Waals surface area contributed by atoms with E-state index in [1.165, 1.54) is 27.5 Å². The number of para-hydroxylation sites is 1. The van der Waals surface area contributed by atoms with Gasteiger partial charge in [0.05, 0.1) is 33.1 Å². The molecule has 0 aliphatic carbocycles. The molecule has 140 valence electrons. The summed E-state index contributed by atoms with van der Waals surface area (Å²) < 4.78 is 21.1. The van der Waals surface area contributed by atoms with E-state index < -0.39 is 5.91 Å². The Morgan fingerprint density at radius 2 is 1.74 bits per heavy atom. The van der Waals surface area contributed by atoms with Crippen molar-refractivity contribution < 1.29 is 23.7 Å². The minimum Gasteiger partial charge on any atom is -0.496 e. The summed E-state index contributed by atoms with van der Waals surface area (Å²) in [7, 11) is 4.55. The Morgan fingerprint density at radius 3 is 2.41 bits per heavy atom. The van der Waals surface area contributed by atoms with E-state index in [0.717, 1.165) is 0 Å². The van der Waals surface area contributed by atoms with Crippen molar-refractivity contribution >= 4 is 12.1 Å². The number of nitrogens with one attached hydrogen (secondary N) is 1. The van der Waals surface area contributed by atoms with Crippen LogP contribution in [0.2, 0.25) is 0 Å². The Kier molecular flexibility index (Phi) is 7.02. The summed E-state index contributed by atoms with van der Waals surface area (Å²) in [6.07, 6.45) is 1.42. The lowest BCUT2D eigenvalue weighted by molar-refractivity contribution is -0.123. The number of ether oxygens (including phenoxy) is 4. The highest BCUT2D eigenvalue weighted by atomic mass is 16.5. The predicted octanol–water partition coefficient (Wildman–Crippen LogP) is 2.11. The standard InChI is InChI=1S/C19H19N3O5/c1-24-16-9-18(26-3)17(25-2)8-14(16)11-21-22-19(23)12-27-15-7-5-4-6-13(15)10-20/h4-9,11H,12H2,1-3H3,(H,22,23)/b21-11-. The molecule has 27 heavy (non-hydrogen) atoms. The fourth-order valence-corrected chi connectivity index (χ4v) is 2.19. The molecule has 1 N–H and O–H groups in total. The minimum atomic E-state index is -0.474. The fraction of sp³-hybridized carbons (Fsp3) is 0.211. The summed E-state index contributed by atoms with van der Waals surface area (Å²) in [5.74, 6) is 1.38. The van der Waals surface area contributed by atoms with E-state index in [1.54, 1.807) is 36.4 Å². The molecule has 0 fully saturated rings. The van der Waals surface area contributed by atoms with Crippen molar-refractivity contribution in [1.82, 2.24) is 5.43 Å². The number of benzene rings is 2. The van der Waals surface area contributed by atoms with Gasteiger partial charge in [-0.2, -0.15) is 10.4 Å². The Hall–Kier alpha value is -3.73. The molecule has 0 aliphatic heterocycles. The van der Waals surface area contributed by atoms with Crippen molar-refractivity contribution in [3.8, 4) is 29.1 Å². The van der Waals surface area contributed by atoms with Crippen molar-refractivity contribution in [2.45, 2.75) is 0 Å². The second kappa shape index (κ2) is 9.68. The number of rotatable bonds is 8. The quantitative estimate of drug-likeness (QED) is 0.565. The van der Waals surface area contributed by atoms with Crippen LogP contribution in [0, 0.1) is 11.3 Å². The molecule has 0 saturated heterocycles. The number of nitrogens with zero attached hydrogens (tertiary/aromatic N) is 2. The molecule has 2 rings (SSSR count). The summed E-state index contributed by atoms with van der Waals surface area (Å²) in [6.45, 7) is -0.279. The summed E-state index contributed by atoms with van der Waals surface area (Å²) >= 11 is 0. The van der Waals surface area contributed by atoms with Gasteiger partial charge in [-0.15, -0.1) is 0 Å². The molecule has 1 amide bonds. The molecular weight excluding hydrogens is 350 g/mol. The topological polar surface area (TPSA) is 102 Å². The number of methoxy groups -OCH3 is 3. The Balaban J connectivity index is 2.00. The van der Waals surface area contributed by atoms with E-state index in [9.17, 15) is 4.79 Å². The van der Waals surface area contributed by atoms with Crippen LogP contribution in [0.3, 0.4) is 0 Å². The SMILES string of the molecule is COc1cc(OC)c(OC)cc1/C=N\NC(=O)COc1ccccc1C#N. The fourth-order valence-electron chi connectivity index (χ4n) is 2.19. The maximum atomic E-state index is 11.9. The molecule has 0 unspecified atom stereocenters. The van der Waals surface area contributed by atoms with E-state index in [2.05, 4.69) is 10.5 Å². The van der Waals surface area contributed by atoms with Crippen molar-refractivity contribution in [3.63, 3.8) is 0 Å². The van der Waals surface area contributed by atoms with Gasteiger partial charge in [0.15, 0.2) is 18.1 Å². The zero-order chi connectivity index (χ0) is 19.6. The van der Waals surface area contributed by atoms with Crippen LogP contribution in [0.4, 0.5) is 0 Å². The van der Waals surface area contributed by atoms with Crippen LogP contribution >= 0.6 is 0 Å². The Bertz CT molecular complexity index is 874. The number of hydrazone groups is 1. The molecule has 0 saturated carbocycles. The van der Waals surface area contributed by atoms with Gasteiger partial charge in [0.2, 0.25) is 0 Å². The largest absolute Gasteiger partial charge is 0.496 e. The molecule has 0 bridgehead atoms. The van der Waals surface area contributed by atoms with Crippen molar-refractivity contribution in [2.75, 3.05) is 27.9 Å². The molecule has 8 nitrogen and oxygen atoms in total. The monoisotopic (exact) mass is 369 g/mol. The molecular formula is C19H19N3O5. The molecule has 2 aromatic carbocycles. The molecule has 8 heteroatoms. The first-order valence-electron chi connectivity index (χ1n) is 7.86. The van der Waals surface area contributed by atoms with Gasteiger partial charge in [0.25, 0.3) is 5.91 Å². The number of carbonyl (C=O) groups is 1. The normalized spacial score (nSPS) is 10.1. The van der Waals surface area contributed by atoms with Crippen LogP contribution < -0.4 is 24.4 Å². The van der Waals surface area contributed by atoms with Gasteiger partial charge >= 0.3 is 0 Å². The van der Waals surface area contributed by atoms with Crippen LogP contribution in [0.25, 0.3) is 0 Å². The molecule has 0 atom stereocenters. The summed E-state index contributed by atoms with van der Waals surface area (Å²) in [4.78, 5) is 11.9. The zero-order valence-electron chi connectivity index (χ0n) is 15.2. The van der Waals surface area contributed by atoms with Gasteiger partial charge in [-0.3, -0.25) is 4.79 Å². The van der Waals surface area contributed by atoms with Crippen LogP contribution in [-0.2, 0) is 4.79 Å². The summed E-state index contributed by atoms with van der Waals surface area (Å²) in [5.41, 5.74) is 3.29. The molecule has 0 aromatic heterocycles. The zero-order valence-corrected chi connectivity index (χ0v) is 15.2. The third kappa shape index (κ3) is 5.12. The van der Waals surface area contributed by atoms with Gasteiger partial charge in [-0.1, -0.05) is 12.1 Å². The van der Waals surface area contributed by atoms with Crippen molar-refractivity contribution in [1.29, 1.82) is 5.26 Å². The lowest BCUT2D eigenvalue weighted by Crippen LogP contribution is -2.24. The highest BCUT2D eigenvalue weighted by Crippen LogP contribution is 2.33. The number of hydrogen-bond donors (Lipinski definition) is 1. The van der Waals surface area contributed by atoms with Crippen molar-refractivity contribution in [2.24, 2.45) is 5.10 Å². The second-order valence-corrected chi connectivity index (χ2v) is 5.14. The highest BCUT2D eigenvalue weighted by molar-refractivity contribution is 5.86.